The largest absolute Gasteiger partial charge is 0.459 e. The van der Waals surface area contributed by atoms with Crippen molar-refractivity contribution in [2.45, 2.75) is 38.2 Å². The Morgan fingerprint density at radius 2 is 2.10 bits per heavy atom. The van der Waals surface area contributed by atoms with E-state index in [1.807, 2.05) is 37.3 Å². The summed E-state index contributed by atoms with van der Waals surface area (Å²) in [7, 11) is 0. The molecular formula is C15H21NO4. The summed E-state index contributed by atoms with van der Waals surface area (Å²) < 4.78 is 16.5. The predicted molar refractivity (Wildman–Crippen MR) is 74.0 cm³/mol. The number of nitrogens with two attached hydrogens (primary N) is 1. The van der Waals surface area contributed by atoms with Gasteiger partial charge in [0.1, 0.15) is 12.1 Å². The van der Waals surface area contributed by atoms with Gasteiger partial charge in [0.05, 0.1) is 19.3 Å². The molecular weight excluding hydrogens is 258 g/mol. The van der Waals surface area contributed by atoms with Gasteiger partial charge in [0.2, 0.25) is 0 Å². The maximum absolute atomic E-state index is 11.7. The second-order valence-electron chi connectivity index (χ2n) is 4.95. The molecule has 2 rings (SSSR count). The first-order chi connectivity index (χ1) is 9.66. The first kappa shape index (κ1) is 15.0. The smallest absolute Gasteiger partial charge is 0.325 e. The Hall–Kier alpha value is -1.43. The van der Waals surface area contributed by atoms with Crippen LogP contribution in [0.25, 0.3) is 0 Å². The van der Waals surface area contributed by atoms with Crippen molar-refractivity contribution >= 4 is 5.97 Å². The van der Waals surface area contributed by atoms with E-state index in [0.717, 1.165) is 5.56 Å². The van der Waals surface area contributed by atoms with E-state index < -0.39 is 12.0 Å². The van der Waals surface area contributed by atoms with Crippen LogP contribution < -0.4 is 5.73 Å². The monoisotopic (exact) mass is 279 g/mol. The highest BCUT2D eigenvalue weighted by Gasteiger charge is 2.27. The average molecular weight is 279 g/mol. The second-order valence-corrected chi connectivity index (χ2v) is 4.95. The Balaban J connectivity index is 1.92. The van der Waals surface area contributed by atoms with Crippen molar-refractivity contribution in [1.29, 1.82) is 0 Å². The molecule has 1 heterocycles. The minimum absolute atomic E-state index is 0.190. The molecule has 0 bridgehead atoms. The van der Waals surface area contributed by atoms with E-state index in [2.05, 4.69) is 0 Å². The molecule has 0 radical (unpaired) electrons. The number of cyclic esters (lactones) is 1. The highest BCUT2D eigenvalue weighted by molar-refractivity contribution is 5.75. The van der Waals surface area contributed by atoms with E-state index >= 15 is 0 Å². The van der Waals surface area contributed by atoms with Gasteiger partial charge in [0, 0.05) is 13.0 Å². The number of hydrogen-bond acceptors (Lipinski definition) is 5. The van der Waals surface area contributed by atoms with Gasteiger partial charge in [-0.05, 0) is 12.5 Å². The molecule has 2 N–H and O–H groups in total. The third kappa shape index (κ3) is 4.30. The van der Waals surface area contributed by atoms with Gasteiger partial charge in [-0.15, -0.1) is 0 Å². The minimum atomic E-state index is -0.717. The number of benzene rings is 1. The van der Waals surface area contributed by atoms with Gasteiger partial charge in [-0.25, -0.2) is 0 Å². The summed E-state index contributed by atoms with van der Waals surface area (Å²) >= 11 is 0. The van der Waals surface area contributed by atoms with Crippen LogP contribution >= 0.6 is 0 Å². The minimum Gasteiger partial charge on any atom is -0.459 e. The summed E-state index contributed by atoms with van der Waals surface area (Å²) in [6.45, 7) is 3.01. The number of rotatable bonds is 3. The highest BCUT2D eigenvalue weighted by atomic mass is 16.6. The summed E-state index contributed by atoms with van der Waals surface area (Å²) in [4.78, 5) is 11.7. The second kappa shape index (κ2) is 7.38. The molecule has 0 saturated carbocycles. The van der Waals surface area contributed by atoms with Gasteiger partial charge >= 0.3 is 5.97 Å². The lowest BCUT2D eigenvalue weighted by molar-refractivity contribution is -0.157. The van der Waals surface area contributed by atoms with E-state index in [4.69, 9.17) is 19.9 Å². The third-order valence-electron chi connectivity index (χ3n) is 3.28. The zero-order valence-electron chi connectivity index (χ0n) is 11.7. The normalized spacial score (nSPS) is 28.1. The third-order valence-corrected chi connectivity index (χ3v) is 3.28. The maximum Gasteiger partial charge on any atom is 0.325 e. The molecule has 0 amide bonds. The Kier molecular flexibility index (Phi) is 5.52. The molecule has 0 aliphatic carbocycles. The molecule has 5 heteroatoms. The molecule has 0 unspecified atom stereocenters. The summed E-state index contributed by atoms with van der Waals surface area (Å²) in [5.74, 6) is -0.437. The molecule has 1 aromatic rings. The van der Waals surface area contributed by atoms with Gasteiger partial charge in [-0.2, -0.15) is 0 Å². The zero-order chi connectivity index (χ0) is 14.4. The summed E-state index contributed by atoms with van der Waals surface area (Å²) in [5.41, 5.74) is 6.74. The van der Waals surface area contributed by atoms with Crippen LogP contribution in [0.1, 0.15) is 18.9 Å². The molecule has 110 valence electrons. The lowest BCUT2D eigenvalue weighted by atomic mass is 10.1. The summed E-state index contributed by atoms with van der Waals surface area (Å²) in [6.07, 6.45) is 0.150. The first-order valence-corrected chi connectivity index (χ1v) is 6.86. The summed E-state index contributed by atoms with van der Waals surface area (Å²) in [6, 6.07) is 9.17. The lowest BCUT2D eigenvalue weighted by Gasteiger charge is -2.23. The Morgan fingerprint density at radius 1 is 1.35 bits per heavy atom. The standard InChI is InChI=1S/C15H21NO4/c1-11-14(19-9-12-5-3-2-4-6-12)7-8-18-10-13(16)15(17)20-11/h2-6,11,13-14H,7-10,16H2,1H3/t11-,13-,14+/m0/s1. The highest BCUT2D eigenvalue weighted by Crippen LogP contribution is 2.14. The van der Waals surface area contributed by atoms with Crippen LogP contribution in [0.5, 0.6) is 0 Å². The van der Waals surface area contributed by atoms with Crippen molar-refractivity contribution in [2.75, 3.05) is 13.2 Å². The molecule has 1 fully saturated rings. The molecule has 1 aliphatic heterocycles. The first-order valence-electron chi connectivity index (χ1n) is 6.86. The molecule has 5 nitrogen and oxygen atoms in total. The average Bonchev–Trinajstić information content (AvgIpc) is 2.51. The molecule has 1 aromatic carbocycles. The fourth-order valence-electron chi connectivity index (χ4n) is 2.06. The number of carbonyl (C=O) groups excluding carboxylic acids is 1. The van der Waals surface area contributed by atoms with Crippen LogP contribution in [-0.4, -0.2) is 37.4 Å². The van der Waals surface area contributed by atoms with Crippen LogP contribution in [0.15, 0.2) is 30.3 Å². The molecule has 1 saturated heterocycles. The van der Waals surface area contributed by atoms with Gasteiger partial charge in [-0.1, -0.05) is 30.3 Å². The van der Waals surface area contributed by atoms with Crippen molar-refractivity contribution < 1.29 is 19.0 Å². The topological polar surface area (TPSA) is 70.8 Å². The lowest BCUT2D eigenvalue weighted by Crippen LogP contribution is -2.39. The summed E-state index contributed by atoms with van der Waals surface area (Å²) in [5, 5.41) is 0. The van der Waals surface area contributed by atoms with E-state index in [1.54, 1.807) is 0 Å². The fourth-order valence-corrected chi connectivity index (χ4v) is 2.06. The number of carbonyl (C=O) groups is 1. The van der Waals surface area contributed by atoms with Crippen LogP contribution in [0.2, 0.25) is 0 Å². The number of hydrogen-bond donors (Lipinski definition) is 1. The van der Waals surface area contributed by atoms with Crippen molar-refractivity contribution in [3.05, 3.63) is 35.9 Å². The van der Waals surface area contributed by atoms with Crippen LogP contribution in [0.4, 0.5) is 0 Å². The molecule has 0 spiro atoms. The van der Waals surface area contributed by atoms with Crippen molar-refractivity contribution in [3.63, 3.8) is 0 Å². The maximum atomic E-state index is 11.7. The molecule has 1 aliphatic rings. The predicted octanol–water partition coefficient (Wildman–Crippen LogP) is 1.25. The number of ether oxygens (including phenoxy) is 3. The van der Waals surface area contributed by atoms with Gasteiger partial charge in [-0.3, -0.25) is 4.79 Å². The van der Waals surface area contributed by atoms with Gasteiger partial charge < -0.3 is 19.9 Å². The van der Waals surface area contributed by atoms with Crippen LogP contribution in [-0.2, 0) is 25.6 Å². The van der Waals surface area contributed by atoms with Crippen molar-refractivity contribution in [3.8, 4) is 0 Å². The Bertz CT molecular complexity index is 423. The van der Waals surface area contributed by atoms with E-state index in [1.165, 1.54) is 0 Å². The van der Waals surface area contributed by atoms with E-state index in [9.17, 15) is 4.79 Å². The Labute approximate surface area is 119 Å². The van der Waals surface area contributed by atoms with Crippen LogP contribution in [0, 0.1) is 0 Å². The van der Waals surface area contributed by atoms with Crippen molar-refractivity contribution in [2.24, 2.45) is 5.73 Å². The fraction of sp³-hybridized carbons (Fsp3) is 0.533. The molecule has 0 aromatic heterocycles. The quantitative estimate of drug-likeness (QED) is 0.843. The molecule has 20 heavy (non-hydrogen) atoms. The molecule has 3 atom stereocenters. The zero-order valence-corrected chi connectivity index (χ0v) is 11.7. The van der Waals surface area contributed by atoms with Crippen LogP contribution in [0.3, 0.4) is 0 Å². The van der Waals surface area contributed by atoms with E-state index in [0.29, 0.717) is 19.6 Å². The SMILES string of the molecule is C[C@@H]1OC(=O)[C@@H](N)COCC[C@H]1OCc1ccccc1. The van der Waals surface area contributed by atoms with E-state index in [-0.39, 0.29) is 18.8 Å². The van der Waals surface area contributed by atoms with Gasteiger partial charge in [0.25, 0.3) is 0 Å². The Morgan fingerprint density at radius 3 is 2.85 bits per heavy atom. The van der Waals surface area contributed by atoms with Gasteiger partial charge in [0.15, 0.2) is 0 Å². The van der Waals surface area contributed by atoms with Crippen molar-refractivity contribution in [1.82, 2.24) is 0 Å². The number of esters is 1.